The lowest BCUT2D eigenvalue weighted by Gasteiger charge is -2.38. The molecule has 2 rings (SSSR count). The first-order valence-corrected chi connectivity index (χ1v) is 6.26. The quantitative estimate of drug-likeness (QED) is 0.760. The van der Waals surface area contributed by atoms with Crippen LogP contribution in [0.5, 0.6) is 0 Å². The smallest absolute Gasteiger partial charge is 0.246 e. The fourth-order valence-corrected chi connectivity index (χ4v) is 2.37. The summed E-state index contributed by atoms with van der Waals surface area (Å²) in [6, 6.07) is 4.26. The Bertz CT molecular complexity index is 418. The third-order valence-electron chi connectivity index (χ3n) is 3.48. The summed E-state index contributed by atoms with van der Waals surface area (Å²) in [6.45, 7) is 5.43. The summed E-state index contributed by atoms with van der Waals surface area (Å²) >= 11 is 0. The number of nitrogens with zero attached hydrogens (tertiary/aromatic N) is 3. The Morgan fingerprint density at radius 1 is 1.67 bits per heavy atom. The standard InChI is InChI=1S/C14H19N3O/c1-3-14(18)16(2)13-7-5-9-17(11-13)12-6-4-8-15-10-12/h3-4,6,8,10,13H,1,5,7,9,11H2,2H3. The van der Waals surface area contributed by atoms with Crippen LogP contribution < -0.4 is 4.90 Å². The first-order chi connectivity index (χ1) is 8.72. The van der Waals surface area contributed by atoms with Crippen molar-refractivity contribution in [3.8, 4) is 0 Å². The van der Waals surface area contributed by atoms with Crippen LogP contribution in [0.2, 0.25) is 0 Å². The SMILES string of the molecule is C=CC(=O)N(C)C1CCCN(c2cccnc2)C1. The third kappa shape index (κ3) is 2.70. The van der Waals surface area contributed by atoms with E-state index in [0.717, 1.165) is 31.6 Å². The first kappa shape index (κ1) is 12.6. The van der Waals surface area contributed by atoms with Gasteiger partial charge in [0, 0.05) is 32.4 Å². The van der Waals surface area contributed by atoms with Gasteiger partial charge in [-0.25, -0.2) is 0 Å². The molecule has 1 fully saturated rings. The maximum Gasteiger partial charge on any atom is 0.246 e. The summed E-state index contributed by atoms with van der Waals surface area (Å²) in [5, 5.41) is 0. The van der Waals surface area contributed by atoms with Gasteiger partial charge in [0.15, 0.2) is 0 Å². The zero-order chi connectivity index (χ0) is 13.0. The minimum atomic E-state index is -0.00645. The van der Waals surface area contributed by atoms with E-state index in [9.17, 15) is 4.79 Å². The summed E-state index contributed by atoms with van der Waals surface area (Å²) in [5.41, 5.74) is 1.13. The fraction of sp³-hybridized carbons (Fsp3) is 0.429. The van der Waals surface area contributed by atoms with E-state index in [1.54, 1.807) is 11.1 Å². The van der Waals surface area contributed by atoms with Crippen LogP contribution in [0.15, 0.2) is 37.2 Å². The number of amides is 1. The van der Waals surface area contributed by atoms with Crippen LogP contribution >= 0.6 is 0 Å². The Hall–Kier alpha value is -1.84. The van der Waals surface area contributed by atoms with Gasteiger partial charge in [-0.2, -0.15) is 0 Å². The predicted molar refractivity (Wildman–Crippen MR) is 72.4 cm³/mol. The zero-order valence-electron chi connectivity index (χ0n) is 10.7. The van der Waals surface area contributed by atoms with Gasteiger partial charge in [-0.15, -0.1) is 0 Å². The summed E-state index contributed by atoms with van der Waals surface area (Å²) in [5.74, 6) is -0.00645. The van der Waals surface area contributed by atoms with Gasteiger partial charge in [0.2, 0.25) is 5.91 Å². The molecule has 0 aromatic carbocycles. The normalized spacial score (nSPS) is 19.4. The molecular weight excluding hydrogens is 226 g/mol. The Kier molecular flexibility index (Phi) is 3.97. The van der Waals surface area contributed by atoms with E-state index < -0.39 is 0 Å². The molecule has 1 aliphatic rings. The number of pyridine rings is 1. The number of aromatic nitrogens is 1. The average Bonchev–Trinajstić information content (AvgIpc) is 2.46. The summed E-state index contributed by atoms with van der Waals surface area (Å²) in [4.78, 5) is 19.8. The maximum atomic E-state index is 11.6. The van der Waals surface area contributed by atoms with Gasteiger partial charge in [-0.1, -0.05) is 6.58 Å². The van der Waals surface area contributed by atoms with Crippen LogP contribution in [0.4, 0.5) is 5.69 Å². The molecule has 4 heteroatoms. The van der Waals surface area contributed by atoms with E-state index in [0.29, 0.717) is 0 Å². The van der Waals surface area contributed by atoms with E-state index in [1.165, 1.54) is 6.08 Å². The van der Waals surface area contributed by atoms with Gasteiger partial charge in [0.1, 0.15) is 0 Å². The lowest BCUT2D eigenvalue weighted by molar-refractivity contribution is -0.126. The number of rotatable bonds is 3. The number of hydrogen-bond acceptors (Lipinski definition) is 3. The molecule has 0 bridgehead atoms. The van der Waals surface area contributed by atoms with Crippen LogP contribution in [0.25, 0.3) is 0 Å². The van der Waals surface area contributed by atoms with Crippen molar-refractivity contribution in [1.82, 2.24) is 9.88 Å². The molecule has 96 valence electrons. The minimum Gasteiger partial charge on any atom is -0.368 e. The van der Waals surface area contributed by atoms with Crippen molar-refractivity contribution in [3.63, 3.8) is 0 Å². The van der Waals surface area contributed by atoms with Crippen molar-refractivity contribution in [2.75, 3.05) is 25.0 Å². The van der Waals surface area contributed by atoms with Gasteiger partial charge in [-0.05, 0) is 31.1 Å². The number of anilines is 1. The fourth-order valence-electron chi connectivity index (χ4n) is 2.37. The molecule has 1 atom stereocenters. The number of carbonyl (C=O) groups is 1. The highest BCUT2D eigenvalue weighted by molar-refractivity contribution is 5.87. The molecule has 2 heterocycles. The monoisotopic (exact) mass is 245 g/mol. The van der Waals surface area contributed by atoms with E-state index in [2.05, 4.69) is 22.5 Å². The number of carbonyl (C=O) groups excluding carboxylic acids is 1. The molecule has 4 nitrogen and oxygen atoms in total. The molecule has 1 unspecified atom stereocenters. The lowest BCUT2D eigenvalue weighted by Crippen LogP contribution is -2.48. The molecule has 1 saturated heterocycles. The number of piperidine rings is 1. The molecule has 0 aliphatic carbocycles. The van der Waals surface area contributed by atoms with Gasteiger partial charge in [0.05, 0.1) is 11.9 Å². The zero-order valence-corrected chi connectivity index (χ0v) is 10.7. The van der Waals surface area contributed by atoms with Crippen molar-refractivity contribution in [2.45, 2.75) is 18.9 Å². The molecule has 0 saturated carbocycles. The summed E-state index contributed by atoms with van der Waals surface area (Å²) in [6.07, 6.45) is 7.17. The number of likely N-dealkylation sites (N-methyl/N-ethyl adjacent to an activating group) is 1. The second kappa shape index (κ2) is 5.67. The van der Waals surface area contributed by atoms with Crippen LogP contribution in [-0.4, -0.2) is 42.0 Å². The molecule has 1 aromatic heterocycles. The Labute approximate surface area is 108 Å². The molecule has 1 aliphatic heterocycles. The average molecular weight is 245 g/mol. The van der Waals surface area contributed by atoms with Crippen LogP contribution in [-0.2, 0) is 4.79 Å². The van der Waals surface area contributed by atoms with Gasteiger partial charge >= 0.3 is 0 Å². The van der Waals surface area contributed by atoms with Gasteiger partial charge in [0.25, 0.3) is 0 Å². The predicted octanol–water partition coefficient (Wildman–Crippen LogP) is 1.69. The Balaban J connectivity index is 2.05. The first-order valence-electron chi connectivity index (χ1n) is 6.26. The summed E-state index contributed by atoms with van der Waals surface area (Å²) < 4.78 is 0. The van der Waals surface area contributed by atoms with E-state index in [4.69, 9.17) is 0 Å². The molecule has 1 aromatic rings. The van der Waals surface area contributed by atoms with Crippen molar-refractivity contribution >= 4 is 11.6 Å². The van der Waals surface area contributed by atoms with E-state index in [-0.39, 0.29) is 11.9 Å². The second-order valence-electron chi connectivity index (χ2n) is 4.61. The van der Waals surface area contributed by atoms with E-state index >= 15 is 0 Å². The largest absolute Gasteiger partial charge is 0.368 e. The molecule has 1 amide bonds. The number of hydrogen-bond donors (Lipinski definition) is 0. The van der Waals surface area contributed by atoms with Gasteiger partial charge in [-0.3, -0.25) is 9.78 Å². The van der Waals surface area contributed by atoms with Crippen molar-refractivity contribution < 1.29 is 4.79 Å². The third-order valence-corrected chi connectivity index (χ3v) is 3.48. The molecule has 18 heavy (non-hydrogen) atoms. The highest BCUT2D eigenvalue weighted by Gasteiger charge is 2.25. The highest BCUT2D eigenvalue weighted by atomic mass is 16.2. The second-order valence-corrected chi connectivity index (χ2v) is 4.61. The molecule has 0 N–H and O–H groups in total. The van der Waals surface area contributed by atoms with Crippen LogP contribution in [0, 0.1) is 0 Å². The summed E-state index contributed by atoms with van der Waals surface area (Å²) in [7, 11) is 1.85. The molecule has 0 radical (unpaired) electrons. The maximum absolute atomic E-state index is 11.6. The van der Waals surface area contributed by atoms with E-state index in [1.807, 2.05) is 19.3 Å². The van der Waals surface area contributed by atoms with Crippen LogP contribution in [0.3, 0.4) is 0 Å². The highest BCUT2D eigenvalue weighted by Crippen LogP contribution is 2.21. The molecular formula is C14H19N3O. The van der Waals surface area contributed by atoms with Crippen LogP contribution in [0.1, 0.15) is 12.8 Å². The lowest BCUT2D eigenvalue weighted by atomic mass is 10.0. The van der Waals surface area contributed by atoms with Gasteiger partial charge < -0.3 is 9.80 Å². The van der Waals surface area contributed by atoms with Crippen molar-refractivity contribution in [2.24, 2.45) is 0 Å². The minimum absolute atomic E-state index is 0.00645. The Morgan fingerprint density at radius 3 is 3.17 bits per heavy atom. The van der Waals surface area contributed by atoms with Crippen molar-refractivity contribution in [1.29, 1.82) is 0 Å². The Morgan fingerprint density at radius 2 is 2.50 bits per heavy atom. The van der Waals surface area contributed by atoms with Crippen molar-refractivity contribution in [3.05, 3.63) is 37.2 Å². The molecule has 0 spiro atoms. The topological polar surface area (TPSA) is 36.4 Å².